The number of amides is 1. The van der Waals surface area contributed by atoms with E-state index in [1.165, 1.54) is 0 Å². The molecule has 0 saturated carbocycles. The quantitative estimate of drug-likeness (QED) is 0.808. The summed E-state index contributed by atoms with van der Waals surface area (Å²) in [4.78, 5) is 12.2. The van der Waals surface area contributed by atoms with Crippen molar-refractivity contribution in [2.24, 2.45) is 7.05 Å². The van der Waals surface area contributed by atoms with Crippen LogP contribution in [-0.2, 0) is 7.05 Å². The average Bonchev–Trinajstić information content (AvgIpc) is 2.83. The van der Waals surface area contributed by atoms with Gasteiger partial charge in [0.1, 0.15) is 6.61 Å². The number of carbonyl (C=O) groups is 1. The third-order valence-corrected chi connectivity index (χ3v) is 2.75. The summed E-state index contributed by atoms with van der Waals surface area (Å²) in [7, 11) is 1.78. The van der Waals surface area contributed by atoms with Gasteiger partial charge in [0.05, 0.1) is 0 Å². The molecule has 0 unspecified atom stereocenters. The van der Waals surface area contributed by atoms with Crippen LogP contribution < -0.4 is 5.32 Å². The second-order valence-corrected chi connectivity index (χ2v) is 4.32. The molecular formula is C15H15N3O2. The Morgan fingerprint density at radius 1 is 1.45 bits per heavy atom. The molecule has 2 rings (SSSR count). The van der Waals surface area contributed by atoms with Crippen molar-refractivity contribution >= 4 is 11.7 Å². The molecule has 1 heterocycles. The molecule has 1 amide bonds. The van der Waals surface area contributed by atoms with Crippen molar-refractivity contribution in [2.45, 2.75) is 6.92 Å². The topological polar surface area (TPSA) is 67.2 Å². The molecule has 0 fully saturated rings. The first-order chi connectivity index (χ1) is 9.60. The number of rotatable bonds is 2. The predicted octanol–water partition coefficient (Wildman–Crippen LogP) is 1.32. The highest BCUT2D eigenvalue weighted by Crippen LogP contribution is 2.13. The number of carbonyl (C=O) groups excluding carboxylic acids is 1. The van der Waals surface area contributed by atoms with E-state index in [1.54, 1.807) is 30.1 Å². The largest absolute Gasteiger partial charge is 0.384 e. The van der Waals surface area contributed by atoms with Gasteiger partial charge in [-0.15, -0.1) is 0 Å². The van der Waals surface area contributed by atoms with Gasteiger partial charge in [0, 0.05) is 30.4 Å². The molecular weight excluding hydrogens is 254 g/mol. The second-order valence-electron chi connectivity index (χ2n) is 4.32. The average molecular weight is 269 g/mol. The molecule has 0 aliphatic carbocycles. The third kappa shape index (κ3) is 3.25. The molecule has 5 heteroatoms. The summed E-state index contributed by atoms with van der Waals surface area (Å²) >= 11 is 0. The van der Waals surface area contributed by atoms with Crippen LogP contribution in [0.2, 0.25) is 0 Å². The highest BCUT2D eigenvalue weighted by Gasteiger charge is 2.11. The SMILES string of the molecule is Cc1ccc(C#CCO)cc1C(=O)Nc1ccn(C)n1. The number of aliphatic hydroxyl groups is 1. The van der Waals surface area contributed by atoms with Crippen LogP contribution in [0.25, 0.3) is 0 Å². The van der Waals surface area contributed by atoms with Gasteiger partial charge in [0.15, 0.2) is 5.82 Å². The Labute approximate surface area is 117 Å². The van der Waals surface area contributed by atoms with Gasteiger partial charge >= 0.3 is 0 Å². The molecule has 0 aliphatic rings. The van der Waals surface area contributed by atoms with Crippen molar-refractivity contribution < 1.29 is 9.90 Å². The first-order valence-electron chi connectivity index (χ1n) is 6.11. The number of hydrogen-bond acceptors (Lipinski definition) is 3. The fourth-order valence-corrected chi connectivity index (χ4v) is 1.75. The normalized spacial score (nSPS) is 9.75. The van der Waals surface area contributed by atoms with Gasteiger partial charge in [-0.05, 0) is 24.6 Å². The molecule has 5 nitrogen and oxygen atoms in total. The molecule has 1 aromatic carbocycles. The lowest BCUT2D eigenvalue weighted by Gasteiger charge is -2.06. The van der Waals surface area contributed by atoms with E-state index < -0.39 is 0 Å². The standard InChI is InChI=1S/C15H15N3O2/c1-11-5-6-12(4-3-9-19)10-13(11)15(20)16-14-7-8-18(2)17-14/h5-8,10,19H,9H2,1-2H3,(H,16,17,20). The van der Waals surface area contributed by atoms with Crippen LogP contribution in [0, 0.1) is 18.8 Å². The molecule has 0 aliphatic heterocycles. The zero-order valence-electron chi connectivity index (χ0n) is 11.3. The molecule has 1 aromatic heterocycles. The molecule has 2 N–H and O–H groups in total. The smallest absolute Gasteiger partial charge is 0.257 e. The van der Waals surface area contributed by atoms with E-state index in [0.29, 0.717) is 16.9 Å². The van der Waals surface area contributed by atoms with Crippen LogP contribution in [0.5, 0.6) is 0 Å². The van der Waals surface area contributed by atoms with Gasteiger partial charge in [0.2, 0.25) is 0 Å². The van der Waals surface area contributed by atoms with Gasteiger partial charge in [-0.1, -0.05) is 17.9 Å². The monoisotopic (exact) mass is 269 g/mol. The summed E-state index contributed by atoms with van der Waals surface area (Å²) in [5.41, 5.74) is 2.09. The maximum Gasteiger partial charge on any atom is 0.257 e. The number of aromatic nitrogens is 2. The highest BCUT2D eigenvalue weighted by atomic mass is 16.2. The molecule has 0 bridgehead atoms. The van der Waals surface area contributed by atoms with Crippen molar-refractivity contribution in [3.8, 4) is 11.8 Å². The van der Waals surface area contributed by atoms with Gasteiger partial charge in [-0.2, -0.15) is 5.10 Å². The van der Waals surface area contributed by atoms with E-state index in [1.807, 2.05) is 19.1 Å². The molecule has 0 spiro atoms. The number of hydrogen-bond donors (Lipinski definition) is 2. The molecule has 0 saturated heterocycles. The van der Waals surface area contributed by atoms with Gasteiger partial charge < -0.3 is 10.4 Å². The van der Waals surface area contributed by atoms with E-state index in [0.717, 1.165) is 5.56 Å². The second kappa shape index (κ2) is 6.04. The van der Waals surface area contributed by atoms with Crippen molar-refractivity contribution in [2.75, 3.05) is 11.9 Å². The van der Waals surface area contributed by atoms with Crippen LogP contribution in [0.15, 0.2) is 30.5 Å². The summed E-state index contributed by atoms with van der Waals surface area (Å²) in [6.45, 7) is 1.65. The zero-order valence-corrected chi connectivity index (χ0v) is 11.3. The summed E-state index contributed by atoms with van der Waals surface area (Å²) < 4.78 is 1.62. The lowest BCUT2D eigenvalue weighted by atomic mass is 10.0. The van der Waals surface area contributed by atoms with Crippen LogP contribution in [-0.4, -0.2) is 27.4 Å². The Morgan fingerprint density at radius 2 is 2.25 bits per heavy atom. The third-order valence-electron chi connectivity index (χ3n) is 2.75. The number of aliphatic hydroxyl groups excluding tert-OH is 1. The lowest BCUT2D eigenvalue weighted by Crippen LogP contribution is -2.14. The predicted molar refractivity (Wildman–Crippen MR) is 76.3 cm³/mol. The summed E-state index contributed by atoms with van der Waals surface area (Å²) in [6.07, 6.45) is 1.76. The van der Waals surface area contributed by atoms with Crippen molar-refractivity contribution in [3.63, 3.8) is 0 Å². The molecule has 2 aromatic rings. The first kappa shape index (κ1) is 13.8. The Hall–Kier alpha value is -2.58. The number of benzene rings is 1. The van der Waals surface area contributed by atoms with Crippen molar-refractivity contribution in [1.29, 1.82) is 0 Å². The van der Waals surface area contributed by atoms with Crippen LogP contribution in [0.4, 0.5) is 5.82 Å². The Balaban J connectivity index is 2.24. The molecule has 0 atom stereocenters. The zero-order chi connectivity index (χ0) is 14.5. The maximum atomic E-state index is 12.2. The van der Waals surface area contributed by atoms with Gasteiger partial charge in [0.25, 0.3) is 5.91 Å². The number of anilines is 1. The van der Waals surface area contributed by atoms with Crippen molar-refractivity contribution in [3.05, 3.63) is 47.2 Å². The lowest BCUT2D eigenvalue weighted by molar-refractivity contribution is 0.102. The van der Waals surface area contributed by atoms with E-state index in [2.05, 4.69) is 22.3 Å². The van der Waals surface area contributed by atoms with E-state index in [9.17, 15) is 4.79 Å². The summed E-state index contributed by atoms with van der Waals surface area (Å²) in [6, 6.07) is 7.07. The van der Waals surface area contributed by atoms with Gasteiger partial charge in [-0.25, -0.2) is 0 Å². The summed E-state index contributed by atoms with van der Waals surface area (Å²) in [5, 5.41) is 15.5. The van der Waals surface area contributed by atoms with Crippen LogP contribution >= 0.6 is 0 Å². The van der Waals surface area contributed by atoms with E-state index in [-0.39, 0.29) is 12.5 Å². The number of nitrogens with one attached hydrogen (secondary N) is 1. The van der Waals surface area contributed by atoms with Crippen LogP contribution in [0.1, 0.15) is 21.5 Å². The Kier molecular flexibility index (Phi) is 4.18. The fourth-order valence-electron chi connectivity index (χ4n) is 1.75. The minimum Gasteiger partial charge on any atom is -0.384 e. The minimum absolute atomic E-state index is 0.205. The number of nitrogens with zero attached hydrogens (tertiary/aromatic N) is 2. The van der Waals surface area contributed by atoms with E-state index >= 15 is 0 Å². The first-order valence-corrected chi connectivity index (χ1v) is 6.11. The molecule has 102 valence electrons. The Bertz CT molecular complexity index is 693. The molecule has 0 radical (unpaired) electrons. The highest BCUT2D eigenvalue weighted by molar-refractivity contribution is 6.05. The summed E-state index contributed by atoms with van der Waals surface area (Å²) in [5.74, 6) is 5.62. The fraction of sp³-hybridized carbons (Fsp3) is 0.200. The number of aryl methyl sites for hydroxylation is 2. The molecule has 20 heavy (non-hydrogen) atoms. The van der Waals surface area contributed by atoms with Crippen LogP contribution in [0.3, 0.4) is 0 Å². The van der Waals surface area contributed by atoms with Gasteiger partial charge in [-0.3, -0.25) is 9.48 Å². The van der Waals surface area contributed by atoms with E-state index in [4.69, 9.17) is 5.11 Å². The minimum atomic E-state index is -0.228. The Morgan fingerprint density at radius 3 is 2.90 bits per heavy atom. The maximum absolute atomic E-state index is 12.2. The van der Waals surface area contributed by atoms with Crippen molar-refractivity contribution in [1.82, 2.24) is 9.78 Å².